The Kier molecular flexibility index (Phi) is 9.04. The van der Waals surface area contributed by atoms with Crippen LogP contribution >= 0.6 is 0 Å². The van der Waals surface area contributed by atoms with Crippen molar-refractivity contribution >= 4 is 17.7 Å². The molecule has 2 aromatic rings. The summed E-state index contributed by atoms with van der Waals surface area (Å²) in [6.45, 7) is 0.877. The first kappa shape index (κ1) is 26.5. The molecule has 0 aromatic heterocycles. The topological polar surface area (TPSA) is 106 Å². The van der Waals surface area contributed by atoms with Gasteiger partial charge in [-0.1, -0.05) is 49.6 Å². The predicted octanol–water partition coefficient (Wildman–Crippen LogP) is 3.49. The van der Waals surface area contributed by atoms with Crippen molar-refractivity contribution in [1.29, 1.82) is 0 Å². The van der Waals surface area contributed by atoms with Gasteiger partial charge < -0.3 is 25.4 Å². The van der Waals surface area contributed by atoms with Gasteiger partial charge in [0.15, 0.2) is 0 Å². The van der Waals surface area contributed by atoms with E-state index in [0.29, 0.717) is 42.9 Å². The molecule has 2 aromatic carbocycles. The molecule has 0 spiro atoms. The molecule has 8 nitrogen and oxygen atoms in total. The van der Waals surface area contributed by atoms with Crippen LogP contribution in [0, 0.1) is 0 Å². The zero-order chi connectivity index (χ0) is 26.1. The van der Waals surface area contributed by atoms with Gasteiger partial charge in [0, 0.05) is 12.6 Å². The Morgan fingerprint density at radius 1 is 0.973 bits per heavy atom. The van der Waals surface area contributed by atoms with Crippen LogP contribution < -0.4 is 25.4 Å². The van der Waals surface area contributed by atoms with Crippen LogP contribution in [-0.2, 0) is 15.0 Å². The third-order valence-corrected chi connectivity index (χ3v) is 7.39. The first-order valence-corrected chi connectivity index (χ1v) is 13.3. The highest BCUT2D eigenvalue weighted by Gasteiger charge is 2.42. The Bertz CT molecular complexity index is 1080. The highest BCUT2D eigenvalue weighted by atomic mass is 16.5. The van der Waals surface area contributed by atoms with Crippen LogP contribution in [0.15, 0.2) is 48.5 Å². The van der Waals surface area contributed by atoms with Crippen LogP contribution in [-0.4, -0.2) is 50.6 Å². The van der Waals surface area contributed by atoms with Crippen LogP contribution in [0.25, 0.3) is 0 Å². The maximum atomic E-state index is 13.8. The second-order valence-electron chi connectivity index (χ2n) is 9.79. The first-order chi connectivity index (χ1) is 18.0. The van der Waals surface area contributed by atoms with Crippen molar-refractivity contribution in [3.63, 3.8) is 0 Å². The summed E-state index contributed by atoms with van der Waals surface area (Å²) in [6, 6.07) is 14.3. The largest absolute Gasteiger partial charge is 0.497 e. The zero-order valence-corrected chi connectivity index (χ0v) is 21.5. The van der Waals surface area contributed by atoms with Crippen LogP contribution in [0.4, 0.5) is 0 Å². The van der Waals surface area contributed by atoms with Crippen molar-refractivity contribution in [2.75, 3.05) is 26.8 Å². The van der Waals surface area contributed by atoms with E-state index in [4.69, 9.17) is 9.47 Å². The van der Waals surface area contributed by atoms with Crippen LogP contribution in [0.1, 0.15) is 67.3 Å². The van der Waals surface area contributed by atoms with Crippen molar-refractivity contribution in [1.82, 2.24) is 16.0 Å². The summed E-state index contributed by atoms with van der Waals surface area (Å²) in [5.74, 6) is 0.462. The summed E-state index contributed by atoms with van der Waals surface area (Å²) in [4.78, 5) is 39.7. The number of hydrogen-bond acceptors (Lipinski definition) is 5. The Labute approximate surface area is 218 Å². The SMILES string of the molecule is COc1ccc2c(c1)OCCNC(=O)[C@@H](NC(=O)C1(c3ccccc3)CCCCC1)CCCCNC2=O. The molecule has 2 aliphatic rings. The summed E-state index contributed by atoms with van der Waals surface area (Å²) in [6.07, 6.45) is 6.51. The molecule has 0 radical (unpaired) electrons. The summed E-state index contributed by atoms with van der Waals surface area (Å²) < 4.78 is 11.1. The maximum absolute atomic E-state index is 13.8. The molecule has 1 aliphatic heterocycles. The van der Waals surface area contributed by atoms with E-state index in [1.807, 2.05) is 30.3 Å². The van der Waals surface area contributed by atoms with Crippen molar-refractivity contribution in [3.8, 4) is 11.5 Å². The molecule has 0 unspecified atom stereocenters. The smallest absolute Gasteiger partial charge is 0.255 e. The van der Waals surface area contributed by atoms with E-state index in [1.54, 1.807) is 25.3 Å². The molecule has 0 saturated heterocycles. The Morgan fingerprint density at radius 3 is 2.51 bits per heavy atom. The number of fused-ring (bicyclic) bond motifs is 1. The Morgan fingerprint density at radius 2 is 1.76 bits per heavy atom. The molecule has 1 aliphatic carbocycles. The molecule has 198 valence electrons. The highest BCUT2D eigenvalue weighted by molar-refractivity contribution is 5.97. The van der Waals surface area contributed by atoms with Gasteiger partial charge in [-0.05, 0) is 49.8 Å². The van der Waals surface area contributed by atoms with Gasteiger partial charge in [0.2, 0.25) is 11.8 Å². The third-order valence-electron chi connectivity index (χ3n) is 7.39. The quantitative estimate of drug-likeness (QED) is 0.588. The van der Waals surface area contributed by atoms with E-state index >= 15 is 0 Å². The van der Waals surface area contributed by atoms with Crippen molar-refractivity contribution < 1.29 is 23.9 Å². The molecule has 1 saturated carbocycles. The van der Waals surface area contributed by atoms with Gasteiger partial charge in [-0.3, -0.25) is 14.4 Å². The van der Waals surface area contributed by atoms with Crippen LogP contribution in [0.2, 0.25) is 0 Å². The average molecular weight is 508 g/mol. The van der Waals surface area contributed by atoms with Crippen LogP contribution in [0.5, 0.6) is 11.5 Å². The normalized spacial score (nSPS) is 20.7. The number of ether oxygens (including phenoxy) is 2. The number of carbonyl (C=O) groups excluding carboxylic acids is 3. The number of amides is 3. The monoisotopic (exact) mass is 507 g/mol. The van der Waals surface area contributed by atoms with Gasteiger partial charge in [0.1, 0.15) is 24.1 Å². The standard InChI is InChI=1S/C29H37N3O5/c1-36-22-13-14-23-25(20-22)37-19-18-31-27(34)24(12-6-9-17-30-26(23)33)32-28(35)29(15-7-3-8-16-29)21-10-4-2-5-11-21/h2,4-5,10-11,13-14,20,24H,3,6-9,12,15-19H2,1H3,(H,30,33)(H,31,34)(H,32,35)/t24-/m0/s1. The lowest BCUT2D eigenvalue weighted by Gasteiger charge is -2.37. The van der Waals surface area contributed by atoms with Gasteiger partial charge in [-0.2, -0.15) is 0 Å². The lowest BCUT2D eigenvalue weighted by atomic mass is 9.68. The number of carbonyl (C=O) groups is 3. The number of rotatable bonds is 4. The minimum atomic E-state index is -0.652. The van der Waals surface area contributed by atoms with Crippen LogP contribution in [0.3, 0.4) is 0 Å². The number of methoxy groups -OCH3 is 1. The predicted molar refractivity (Wildman–Crippen MR) is 141 cm³/mol. The molecule has 37 heavy (non-hydrogen) atoms. The number of hydrogen-bond donors (Lipinski definition) is 3. The minimum Gasteiger partial charge on any atom is -0.497 e. The first-order valence-electron chi connectivity index (χ1n) is 13.3. The molecule has 0 bridgehead atoms. The Hall–Kier alpha value is -3.55. The fraction of sp³-hybridized carbons (Fsp3) is 0.483. The fourth-order valence-electron chi connectivity index (χ4n) is 5.29. The molecule has 3 amide bonds. The molecule has 8 heteroatoms. The van der Waals surface area contributed by atoms with E-state index in [1.165, 1.54) is 0 Å². The average Bonchev–Trinajstić information content (AvgIpc) is 2.94. The lowest BCUT2D eigenvalue weighted by Crippen LogP contribution is -2.54. The fourth-order valence-corrected chi connectivity index (χ4v) is 5.29. The van der Waals surface area contributed by atoms with E-state index < -0.39 is 11.5 Å². The number of benzene rings is 2. The molecule has 4 rings (SSSR count). The summed E-state index contributed by atoms with van der Waals surface area (Å²) in [5.41, 5.74) is 0.824. The zero-order valence-electron chi connectivity index (χ0n) is 21.5. The van der Waals surface area contributed by atoms with E-state index in [0.717, 1.165) is 37.7 Å². The van der Waals surface area contributed by atoms with E-state index in [9.17, 15) is 14.4 Å². The molecule has 1 atom stereocenters. The van der Waals surface area contributed by atoms with Crippen molar-refractivity contribution in [2.24, 2.45) is 0 Å². The van der Waals surface area contributed by atoms with Crippen molar-refractivity contribution in [3.05, 3.63) is 59.7 Å². The molecular formula is C29H37N3O5. The van der Waals surface area contributed by atoms with Gasteiger partial charge in [0.05, 0.1) is 24.6 Å². The second-order valence-corrected chi connectivity index (χ2v) is 9.79. The maximum Gasteiger partial charge on any atom is 0.255 e. The summed E-state index contributed by atoms with van der Waals surface area (Å²) in [5, 5.41) is 8.94. The second kappa shape index (κ2) is 12.6. The number of nitrogens with one attached hydrogen (secondary N) is 3. The summed E-state index contributed by atoms with van der Waals surface area (Å²) in [7, 11) is 1.55. The van der Waals surface area contributed by atoms with Gasteiger partial charge in [0.25, 0.3) is 5.91 Å². The van der Waals surface area contributed by atoms with E-state index in [2.05, 4.69) is 16.0 Å². The van der Waals surface area contributed by atoms with E-state index in [-0.39, 0.29) is 30.9 Å². The minimum absolute atomic E-state index is 0.0785. The third kappa shape index (κ3) is 6.42. The molecule has 1 fully saturated rings. The Balaban J connectivity index is 1.47. The molecule has 1 heterocycles. The van der Waals surface area contributed by atoms with Gasteiger partial charge in [-0.15, -0.1) is 0 Å². The van der Waals surface area contributed by atoms with Crippen molar-refractivity contribution in [2.45, 2.75) is 62.8 Å². The molecule has 3 N–H and O–H groups in total. The van der Waals surface area contributed by atoms with Gasteiger partial charge >= 0.3 is 0 Å². The highest BCUT2D eigenvalue weighted by Crippen LogP contribution is 2.40. The molecular weight excluding hydrogens is 470 g/mol. The summed E-state index contributed by atoms with van der Waals surface area (Å²) >= 11 is 0. The van der Waals surface area contributed by atoms with Gasteiger partial charge in [-0.25, -0.2) is 0 Å². The lowest BCUT2D eigenvalue weighted by molar-refractivity contribution is -0.133.